The zero-order valence-electron chi connectivity index (χ0n) is 28.8. The molecule has 258 valence electrons. The topological polar surface area (TPSA) is 119 Å². The number of carboxylic acids is 1. The average molecular weight is 682 g/mol. The van der Waals surface area contributed by atoms with E-state index in [9.17, 15) is 19.8 Å². The zero-order valence-corrected chi connectivity index (χ0v) is 29.6. The fourth-order valence-corrected chi connectivity index (χ4v) is 7.61. The van der Waals surface area contributed by atoms with E-state index in [0.29, 0.717) is 23.0 Å². The number of thiophene rings is 1. The number of nitrogens with one attached hydrogen (secondary N) is 1. The molecule has 3 N–H and O–H groups in total. The maximum Gasteiger partial charge on any atom is 0.309 e. The molecule has 0 bridgehead atoms. The first kappa shape index (κ1) is 34.7. The minimum absolute atomic E-state index is 0.0733. The standard InChI is InChI=1S/C39H47N5O4S/c1-5-25-6-10-27(11-7-25)28-16-18-43(19-17-28)31-21-40-35(41-22-31)29-12-8-26(9-13-29)20-32(37(46)44-23-30(24-44)38(47)48)42-36(45)33-14-15-34(49-33)39(2,3)4/h6-15,21-22,28,30,32,37,46H,5,16-20,23-24H2,1-4H3,(H,42,45)(H,47,48)/t32-,37?/m0/s1. The summed E-state index contributed by atoms with van der Waals surface area (Å²) in [6.45, 7) is 10.9. The maximum absolute atomic E-state index is 13.3. The number of anilines is 1. The van der Waals surface area contributed by atoms with Gasteiger partial charge >= 0.3 is 5.97 Å². The van der Waals surface area contributed by atoms with E-state index in [0.717, 1.165) is 54.0 Å². The fraction of sp³-hybridized carbons (Fsp3) is 0.436. The van der Waals surface area contributed by atoms with Gasteiger partial charge in [0.2, 0.25) is 0 Å². The summed E-state index contributed by atoms with van der Waals surface area (Å²) >= 11 is 1.45. The summed E-state index contributed by atoms with van der Waals surface area (Å²) in [4.78, 5) is 39.9. The molecule has 49 heavy (non-hydrogen) atoms. The van der Waals surface area contributed by atoms with Crippen molar-refractivity contribution in [2.24, 2.45) is 5.92 Å². The van der Waals surface area contributed by atoms with E-state index in [4.69, 9.17) is 9.97 Å². The molecule has 4 aromatic rings. The van der Waals surface area contributed by atoms with Gasteiger partial charge in [-0.25, -0.2) is 9.97 Å². The Bertz CT molecular complexity index is 1720. The van der Waals surface area contributed by atoms with Gasteiger partial charge in [-0.3, -0.25) is 14.5 Å². The Balaban J connectivity index is 1.09. The summed E-state index contributed by atoms with van der Waals surface area (Å²) in [5, 5.41) is 23.7. The Kier molecular flexibility index (Phi) is 10.5. The number of carbonyl (C=O) groups excluding carboxylic acids is 1. The molecule has 2 aliphatic rings. The average Bonchev–Trinajstić information content (AvgIpc) is 3.60. The number of aromatic nitrogens is 2. The summed E-state index contributed by atoms with van der Waals surface area (Å²) < 4.78 is 0. The van der Waals surface area contributed by atoms with E-state index in [1.165, 1.54) is 22.5 Å². The van der Waals surface area contributed by atoms with Crippen molar-refractivity contribution in [1.82, 2.24) is 20.2 Å². The highest BCUT2D eigenvalue weighted by atomic mass is 32.1. The Hall–Kier alpha value is -4.12. The van der Waals surface area contributed by atoms with Gasteiger partial charge in [-0.1, -0.05) is 76.2 Å². The summed E-state index contributed by atoms with van der Waals surface area (Å²) in [6, 6.07) is 20.1. The largest absolute Gasteiger partial charge is 0.481 e. The lowest BCUT2D eigenvalue weighted by Gasteiger charge is -2.42. The molecule has 6 rings (SSSR count). The predicted octanol–water partition coefficient (Wildman–Crippen LogP) is 6.12. The highest BCUT2D eigenvalue weighted by Gasteiger charge is 2.39. The Labute approximate surface area is 293 Å². The number of aliphatic hydroxyl groups is 1. The number of likely N-dealkylation sites (tertiary alicyclic amines) is 1. The monoisotopic (exact) mass is 681 g/mol. The number of aliphatic hydroxyl groups excluding tert-OH is 1. The van der Waals surface area contributed by atoms with Gasteiger partial charge in [0.25, 0.3) is 5.91 Å². The van der Waals surface area contributed by atoms with Gasteiger partial charge in [0.15, 0.2) is 5.82 Å². The zero-order chi connectivity index (χ0) is 34.7. The summed E-state index contributed by atoms with van der Waals surface area (Å²) in [5.41, 5.74) is 5.57. The number of nitrogens with zero attached hydrogens (tertiary/aromatic N) is 4. The van der Waals surface area contributed by atoms with Crippen LogP contribution in [-0.2, 0) is 23.1 Å². The molecular formula is C39H47N5O4S. The van der Waals surface area contributed by atoms with Crippen molar-refractivity contribution in [2.75, 3.05) is 31.1 Å². The van der Waals surface area contributed by atoms with Crippen molar-refractivity contribution in [3.63, 3.8) is 0 Å². The van der Waals surface area contributed by atoms with Crippen LogP contribution < -0.4 is 10.2 Å². The normalized spacial score (nSPS) is 17.4. The molecule has 1 amide bonds. The summed E-state index contributed by atoms with van der Waals surface area (Å²) in [6.07, 6.45) is 6.43. The van der Waals surface area contributed by atoms with Crippen LogP contribution >= 0.6 is 11.3 Å². The van der Waals surface area contributed by atoms with E-state index in [1.54, 1.807) is 4.90 Å². The van der Waals surface area contributed by atoms with Gasteiger partial charge in [-0.05, 0) is 65.8 Å². The van der Waals surface area contributed by atoms with Crippen LogP contribution in [0.15, 0.2) is 73.1 Å². The summed E-state index contributed by atoms with van der Waals surface area (Å²) in [7, 11) is 0. The number of carbonyl (C=O) groups is 2. The van der Waals surface area contributed by atoms with Crippen LogP contribution in [0.25, 0.3) is 11.4 Å². The molecule has 9 nitrogen and oxygen atoms in total. The molecule has 2 aromatic carbocycles. The van der Waals surface area contributed by atoms with Crippen molar-refractivity contribution in [1.29, 1.82) is 0 Å². The number of carboxylic acid groups (broad SMARTS) is 1. The molecule has 0 radical (unpaired) electrons. The van der Waals surface area contributed by atoms with E-state index >= 15 is 0 Å². The molecule has 10 heteroatoms. The molecule has 2 aliphatic heterocycles. The molecule has 0 saturated carbocycles. The minimum Gasteiger partial charge on any atom is -0.481 e. The molecule has 0 spiro atoms. The molecule has 2 aromatic heterocycles. The Morgan fingerprint density at radius 3 is 2.14 bits per heavy atom. The van der Waals surface area contributed by atoms with Crippen LogP contribution in [0.4, 0.5) is 5.69 Å². The van der Waals surface area contributed by atoms with Gasteiger partial charge in [0, 0.05) is 36.6 Å². The Morgan fingerprint density at radius 1 is 0.939 bits per heavy atom. The second kappa shape index (κ2) is 14.8. The number of benzene rings is 2. The highest BCUT2D eigenvalue weighted by molar-refractivity contribution is 7.14. The number of piperidine rings is 1. The first-order chi connectivity index (χ1) is 23.5. The van der Waals surface area contributed by atoms with Gasteiger partial charge in [0.1, 0.15) is 6.23 Å². The fourth-order valence-electron chi connectivity index (χ4n) is 6.65. The van der Waals surface area contributed by atoms with Gasteiger partial charge in [0.05, 0.1) is 34.9 Å². The Morgan fingerprint density at radius 2 is 1.57 bits per heavy atom. The van der Waals surface area contributed by atoms with Crippen LogP contribution in [0.2, 0.25) is 0 Å². The van der Waals surface area contributed by atoms with Gasteiger partial charge in [-0.2, -0.15) is 0 Å². The highest BCUT2D eigenvalue weighted by Crippen LogP contribution is 2.32. The quantitative estimate of drug-likeness (QED) is 0.173. The number of aliphatic carboxylic acids is 1. The lowest BCUT2D eigenvalue weighted by Crippen LogP contribution is -2.61. The van der Waals surface area contributed by atoms with Crippen LogP contribution in [0.5, 0.6) is 0 Å². The van der Waals surface area contributed by atoms with Crippen molar-refractivity contribution >= 4 is 28.9 Å². The third-order valence-corrected chi connectivity index (χ3v) is 11.4. The number of hydrogen-bond donors (Lipinski definition) is 3. The van der Waals surface area contributed by atoms with Crippen molar-refractivity contribution in [3.8, 4) is 11.4 Å². The van der Waals surface area contributed by atoms with Crippen LogP contribution in [0.1, 0.15) is 77.7 Å². The number of aryl methyl sites for hydroxylation is 1. The number of rotatable bonds is 11. The molecule has 0 aliphatic carbocycles. The third-order valence-electron chi connectivity index (χ3n) is 9.90. The molecular weight excluding hydrogens is 635 g/mol. The molecule has 1 unspecified atom stereocenters. The van der Waals surface area contributed by atoms with Crippen LogP contribution in [-0.4, -0.2) is 75.4 Å². The predicted molar refractivity (Wildman–Crippen MR) is 194 cm³/mol. The van der Waals surface area contributed by atoms with E-state index in [1.807, 2.05) is 48.8 Å². The first-order valence-corrected chi connectivity index (χ1v) is 18.1. The van der Waals surface area contributed by atoms with Crippen molar-refractivity contribution < 1.29 is 19.8 Å². The van der Waals surface area contributed by atoms with Gasteiger partial charge in [-0.15, -0.1) is 11.3 Å². The SMILES string of the molecule is CCc1ccc(C2CCN(c3cnc(-c4ccc(C[C@H](NC(=O)c5ccc(C(C)(C)C)s5)C(O)N5CC(C(=O)O)C5)cc4)nc3)CC2)cc1. The second-order valence-electron chi connectivity index (χ2n) is 14.4. The lowest BCUT2D eigenvalue weighted by atomic mass is 9.89. The van der Waals surface area contributed by atoms with Crippen molar-refractivity contribution in [2.45, 2.75) is 77.0 Å². The smallest absolute Gasteiger partial charge is 0.309 e. The maximum atomic E-state index is 13.3. The lowest BCUT2D eigenvalue weighted by molar-refractivity contribution is -0.155. The van der Waals surface area contributed by atoms with E-state index in [2.05, 4.69) is 62.2 Å². The van der Waals surface area contributed by atoms with Crippen molar-refractivity contribution in [3.05, 3.63) is 99.5 Å². The number of amides is 1. The minimum atomic E-state index is -1.02. The molecule has 2 atom stereocenters. The van der Waals surface area contributed by atoms with Crippen LogP contribution in [0, 0.1) is 5.92 Å². The first-order valence-electron chi connectivity index (χ1n) is 17.3. The number of hydrogen-bond acceptors (Lipinski definition) is 8. The second-order valence-corrected chi connectivity index (χ2v) is 15.5. The molecule has 4 heterocycles. The van der Waals surface area contributed by atoms with Gasteiger partial charge < -0.3 is 20.4 Å². The summed E-state index contributed by atoms with van der Waals surface area (Å²) in [5.74, 6) is -0.419. The van der Waals surface area contributed by atoms with E-state index in [-0.39, 0.29) is 24.4 Å². The molecule has 2 saturated heterocycles. The third kappa shape index (κ3) is 8.20. The van der Waals surface area contributed by atoms with E-state index < -0.39 is 24.2 Å². The van der Waals surface area contributed by atoms with Crippen LogP contribution in [0.3, 0.4) is 0 Å². The molecule has 2 fully saturated rings.